The van der Waals surface area contributed by atoms with E-state index >= 15 is 0 Å². The number of fused-ring (bicyclic) bond motifs is 1. The van der Waals surface area contributed by atoms with Crippen LogP contribution in [0.3, 0.4) is 0 Å². The first-order valence-electron chi connectivity index (χ1n) is 11.1. The zero-order chi connectivity index (χ0) is 24.1. The molecule has 2 aromatic rings. The Kier molecular flexibility index (Phi) is 5.74. The quantitative estimate of drug-likeness (QED) is 0.392. The molecule has 0 spiro atoms. The second-order valence-corrected chi connectivity index (χ2v) is 9.57. The highest BCUT2D eigenvalue weighted by atomic mass is 32.1. The predicted molar refractivity (Wildman–Crippen MR) is 139 cm³/mol. The minimum Gasteiger partial charge on any atom is -0.363 e. The van der Waals surface area contributed by atoms with Crippen LogP contribution in [-0.4, -0.2) is 29.0 Å². The van der Waals surface area contributed by atoms with E-state index in [0.29, 0.717) is 5.69 Å². The summed E-state index contributed by atoms with van der Waals surface area (Å²) in [7, 11) is 0. The van der Waals surface area contributed by atoms with E-state index in [2.05, 4.69) is 50.1 Å². The number of anilines is 2. The normalized spacial score (nSPS) is 18.9. The minimum atomic E-state index is -0.479. The van der Waals surface area contributed by atoms with Gasteiger partial charge in [0.1, 0.15) is 5.57 Å². The number of amides is 2. The van der Waals surface area contributed by atoms with Crippen molar-refractivity contribution in [1.29, 1.82) is 0 Å². The largest absolute Gasteiger partial charge is 0.363 e. The lowest BCUT2D eigenvalue weighted by Gasteiger charge is -2.42. The summed E-state index contributed by atoms with van der Waals surface area (Å²) in [6.45, 7) is 13.5. The number of aryl methyl sites for hydroxylation is 1. The molecule has 33 heavy (non-hydrogen) atoms. The number of nitrogens with one attached hydrogen (secondary N) is 1. The topological polar surface area (TPSA) is 52.7 Å². The third kappa shape index (κ3) is 3.89. The number of carbonyl (C=O) groups excluding carboxylic acids is 2. The highest BCUT2D eigenvalue weighted by Gasteiger charge is 2.35. The van der Waals surface area contributed by atoms with Crippen molar-refractivity contribution in [2.75, 3.05) is 16.3 Å². The third-order valence-electron chi connectivity index (χ3n) is 6.55. The lowest BCUT2D eigenvalue weighted by atomic mass is 9.88. The molecule has 5 nitrogen and oxygen atoms in total. The monoisotopic (exact) mass is 459 g/mol. The molecule has 2 aromatic carbocycles. The molecule has 0 aliphatic carbocycles. The van der Waals surface area contributed by atoms with Gasteiger partial charge in [0.15, 0.2) is 5.11 Å². The third-order valence-corrected chi connectivity index (χ3v) is 6.83. The van der Waals surface area contributed by atoms with Gasteiger partial charge in [-0.05, 0) is 100 Å². The van der Waals surface area contributed by atoms with Crippen LogP contribution in [0.5, 0.6) is 0 Å². The number of likely N-dealkylation sites (N-methyl/N-ethyl adjacent to an activating group) is 1. The fraction of sp³-hybridized carbons (Fsp3) is 0.296. The number of hydrogen-bond donors (Lipinski definition) is 1. The second-order valence-electron chi connectivity index (χ2n) is 9.18. The number of hydrogen-bond acceptors (Lipinski definition) is 4. The van der Waals surface area contributed by atoms with Gasteiger partial charge in [-0.1, -0.05) is 24.3 Å². The average Bonchev–Trinajstić information content (AvgIpc) is 2.74. The van der Waals surface area contributed by atoms with Crippen LogP contribution in [0.15, 0.2) is 48.0 Å². The number of rotatable bonds is 3. The van der Waals surface area contributed by atoms with Crippen molar-refractivity contribution >= 4 is 52.2 Å². The summed E-state index contributed by atoms with van der Waals surface area (Å²) >= 11 is 5.36. The summed E-state index contributed by atoms with van der Waals surface area (Å²) in [5.41, 5.74) is 6.90. The molecule has 2 aliphatic rings. The fourth-order valence-electron chi connectivity index (χ4n) is 4.79. The van der Waals surface area contributed by atoms with E-state index in [0.717, 1.165) is 34.5 Å². The Morgan fingerprint density at radius 2 is 1.79 bits per heavy atom. The number of nitrogens with zero attached hydrogens (tertiary/aromatic N) is 2. The highest BCUT2D eigenvalue weighted by molar-refractivity contribution is 7.80. The SMILES string of the molecule is CCN1c2ccc(/C=C3/C(=O)NC(=S)N(c4cccc(C)c4C)C3=O)cc2C(C)=CC1(C)C. The molecule has 1 N–H and O–H groups in total. The zero-order valence-corrected chi connectivity index (χ0v) is 20.8. The zero-order valence-electron chi connectivity index (χ0n) is 19.9. The van der Waals surface area contributed by atoms with Gasteiger partial charge in [0.2, 0.25) is 0 Å². The van der Waals surface area contributed by atoms with Gasteiger partial charge in [0.25, 0.3) is 11.8 Å². The molecular formula is C27H29N3O2S. The highest BCUT2D eigenvalue weighted by Crippen LogP contribution is 2.39. The number of thiocarbonyl (C=S) groups is 1. The Hall–Kier alpha value is -3.25. The molecular weight excluding hydrogens is 430 g/mol. The Morgan fingerprint density at radius 1 is 1.06 bits per heavy atom. The second kappa shape index (κ2) is 8.27. The summed E-state index contributed by atoms with van der Waals surface area (Å²) in [6, 6.07) is 11.8. The first-order valence-corrected chi connectivity index (χ1v) is 11.5. The Labute approximate surface area is 200 Å². The average molecular weight is 460 g/mol. The first kappa shape index (κ1) is 22.9. The van der Waals surface area contributed by atoms with Crippen LogP contribution in [0.25, 0.3) is 11.6 Å². The van der Waals surface area contributed by atoms with Crippen LogP contribution >= 0.6 is 12.2 Å². The Bertz CT molecular complexity index is 1260. The molecule has 2 aliphatic heterocycles. The van der Waals surface area contributed by atoms with Crippen molar-refractivity contribution in [2.24, 2.45) is 0 Å². The van der Waals surface area contributed by atoms with Gasteiger partial charge >= 0.3 is 0 Å². The van der Waals surface area contributed by atoms with Gasteiger partial charge in [0.05, 0.1) is 11.2 Å². The van der Waals surface area contributed by atoms with Gasteiger partial charge < -0.3 is 4.90 Å². The van der Waals surface area contributed by atoms with E-state index in [9.17, 15) is 9.59 Å². The van der Waals surface area contributed by atoms with Crippen LogP contribution in [0.4, 0.5) is 11.4 Å². The van der Waals surface area contributed by atoms with Crippen molar-refractivity contribution in [1.82, 2.24) is 5.32 Å². The maximum atomic E-state index is 13.4. The summed E-state index contributed by atoms with van der Waals surface area (Å²) in [5, 5.41) is 2.78. The van der Waals surface area contributed by atoms with Crippen molar-refractivity contribution < 1.29 is 9.59 Å². The Balaban J connectivity index is 1.77. The molecule has 170 valence electrons. The summed E-state index contributed by atoms with van der Waals surface area (Å²) in [4.78, 5) is 30.0. The molecule has 0 atom stereocenters. The molecule has 6 heteroatoms. The first-order chi connectivity index (χ1) is 15.5. The van der Waals surface area contributed by atoms with Gasteiger partial charge in [-0.25, -0.2) is 0 Å². The number of carbonyl (C=O) groups is 2. The standard InChI is InChI=1S/C27H29N3O2S/c1-7-29-23-12-11-19(13-20(23)17(3)15-27(29,5)6)14-21-24(31)28-26(33)30(25(21)32)22-10-8-9-16(2)18(22)4/h8-15H,7H2,1-6H3,(H,28,31,33)/b21-14-. The van der Waals surface area contributed by atoms with Crippen LogP contribution in [0.1, 0.15) is 49.9 Å². The van der Waals surface area contributed by atoms with Crippen molar-refractivity contribution in [3.8, 4) is 0 Å². The Morgan fingerprint density at radius 3 is 2.48 bits per heavy atom. The fourth-order valence-corrected chi connectivity index (χ4v) is 5.06. The van der Waals surface area contributed by atoms with Crippen LogP contribution in [0.2, 0.25) is 0 Å². The summed E-state index contributed by atoms with van der Waals surface area (Å²) in [6.07, 6.45) is 3.91. The van der Waals surface area contributed by atoms with E-state index in [-0.39, 0.29) is 16.2 Å². The number of allylic oxidation sites excluding steroid dienone is 1. The maximum absolute atomic E-state index is 13.4. The molecule has 1 saturated heterocycles. The van der Waals surface area contributed by atoms with Crippen molar-refractivity contribution in [3.05, 3.63) is 70.3 Å². The molecule has 0 bridgehead atoms. The van der Waals surface area contributed by atoms with Gasteiger partial charge in [0, 0.05) is 17.8 Å². The predicted octanol–water partition coefficient (Wildman–Crippen LogP) is 5.16. The van der Waals surface area contributed by atoms with E-state index in [1.54, 1.807) is 6.08 Å². The molecule has 0 aromatic heterocycles. The molecule has 1 fully saturated rings. The molecule has 2 heterocycles. The van der Waals surface area contributed by atoms with E-state index in [1.165, 1.54) is 10.5 Å². The van der Waals surface area contributed by atoms with E-state index in [1.807, 2.05) is 44.2 Å². The van der Waals surface area contributed by atoms with Crippen LogP contribution in [-0.2, 0) is 9.59 Å². The smallest absolute Gasteiger partial charge is 0.270 e. The molecule has 4 rings (SSSR count). The molecule has 0 radical (unpaired) electrons. The molecule has 0 saturated carbocycles. The number of benzene rings is 2. The lowest BCUT2D eigenvalue weighted by Crippen LogP contribution is -2.54. The summed E-state index contributed by atoms with van der Waals surface area (Å²) in [5.74, 6) is -0.897. The van der Waals surface area contributed by atoms with Crippen molar-refractivity contribution in [2.45, 2.75) is 47.1 Å². The molecule has 2 amide bonds. The summed E-state index contributed by atoms with van der Waals surface area (Å²) < 4.78 is 0. The van der Waals surface area contributed by atoms with Crippen LogP contribution < -0.4 is 15.1 Å². The van der Waals surface area contributed by atoms with E-state index < -0.39 is 11.8 Å². The van der Waals surface area contributed by atoms with Gasteiger partial charge in [-0.2, -0.15) is 0 Å². The van der Waals surface area contributed by atoms with Crippen molar-refractivity contribution in [3.63, 3.8) is 0 Å². The molecule has 0 unspecified atom stereocenters. The lowest BCUT2D eigenvalue weighted by molar-refractivity contribution is -0.122. The maximum Gasteiger partial charge on any atom is 0.270 e. The van der Waals surface area contributed by atoms with E-state index in [4.69, 9.17) is 12.2 Å². The minimum absolute atomic E-state index is 0.0644. The van der Waals surface area contributed by atoms with Gasteiger partial charge in [-0.3, -0.25) is 19.8 Å². The van der Waals surface area contributed by atoms with Gasteiger partial charge in [-0.15, -0.1) is 0 Å². The van der Waals surface area contributed by atoms with Crippen LogP contribution in [0, 0.1) is 13.8 Å².